The molecule has 4 N–H and O–H groups in total. The van der Waals surface area contributed by atoms with Crippen LogP contribution in [0.25, 0.3) is 10.8 Å². The number of aromatic nitrogens is 2. The van der Waals surface area contributed by atoms with Crippen molar-refractivity contribution in [3.8, 4) is 5.75 Å². The number of carbonyl (C=O) groups excluding carboxylic acids is 1. The van der Waals surface area contributed by atoms with Gasteiger partial charge in [0.15, 0.2) is 24.9 Å². The highest BCUT2D eigenvalue weighted by Gasteiger charge is 2.47. The highest BCUT2D eigenvalue weighted by Crippen LogP contribution is 2.54. The molecule has 2 heterocycles. The molecule has 174 valence electrons. The number of fused-ring (bicyclic) bond motifs is 1. The molecular formula is C21H24N4O7P+. The number of hydrogen-bond acceptors (Lipinski definition) is 10. The maximum atomic E-state index is 12.0. The van der Waals surface area contributed by atoms with Gasteiger partial charge in [0, 0.05) is 11.6 Å². The van der Waals surface area contributed by atoms with Crippen LogP contribution in [0, 0.1) is 0 Å². The maximum Gasteiger partial charge on any atom is 0.544 e. The lowest BCUT2D eigenvalue weighted by Crippen LogP contribution is -2.33. The summed E-state index contributed by atoms with van der Waals surface area (Å²) in [7, 11) is -3.77. The molecule has 0 amide bonds. The van der Waals surface area contributed by atoms with E-state index >= 15 is 0 Å². The van der Waals surface area contributed by atoms with Crippen LogP contribution in [0.15, 0.2) is 59.5 Å². The summed E-state index contributed by atoms with van der Waals surface area (Å²) in [4.78, 5) is 38.0. The molecule has 1 aromatic heterocycles. The number of rotatable bonds is 9. The van der Waals surface area contributed by atoms with E-state index in [2.05, 4.69) is 10.1 Å². The van der Waals surface area contributed by atoms with Crippen molar-refractivity contribution in [2.75, 3.05) is 18.9 Å². The maximum absolute atomic E-state index is 12.0. The third-order valence-electron chi connectivity index (χ3n) is 4.82. The lowest BCUT2D eigenvalue weighted by molar-refractivity contribution is -0.109. The Morgan fingerprint density at radius 2 is 2.12 bits per heavy atom. The largest absolute Gasteiger partial charge is 0.544 e. The molecule has 3 aromatic rings. The molecule has 0 radical (unpaired) electrons. The average molecular weight is 475 g/mol. The summed E-state index contributed by atoms with van der Waals surface area (Å²) in [6, 6.07) is 13.6. The Morgan fingerprint density at radius 3 is 2.91 bits per heavy atom. The highest BCUT2D eigenvalue weighted by atomic mass is 31.2. The second-order valence-corrected chi connectivity index (χ2v) is 9.07. The SMILES string of the molecule is C[C@@H](C=O)N[P+](O)(OCC1OCC(n2ccc(N)nc2=O)O1)Oc1cccc2ccccc12. The van der Waals surface area contributed by atoms with Gasteiger partial charge >= 0.3 is 13.8 Å². The highest BCUT2D eigenvalue weighted by molar-refractivity contribution is 7.59. The monoisotopic (exact) mass is 475 g/mol. The molecule has 33 heavy (non-hydrogen) atoms. The summed E-state index contributed by atoms with van der Waals surface area (Å²) >= 11 is 0. The molecule has 2 aromatic carbocycles. The van der Waals surface area contributed by atoms with Gasteiger partial charge in [-0.25, -0.2) is 4.79 Å². The molecule has 0 spiro atoms. The van der Waals surface area contributed by atoms with Crippen LogP contribution in [-0.4, -0.2) is 46.3 Å². The van der Waals surface area contributed by atoms with Crippen molar-refractivity contribution in [2.45, 2.75) is 25.5 Å². The van der Waals surface area contributed by atoms with E-state index in [9.17, 15) is 14.5 Å². The van der Waals surface area contributed by atoms with Gasteiger partial charge in [0.2, 0.25) is 0 Å². The summed E-state index contributed by atoms with van der Waals surface area (Å²) < 4.78 is 24.0. The van der Waals surface area contributed by atoms with Crippen LogP contribution in [0.3, 0.4) is 0 Å². The number of hydrogen-bond donors (Lipinski definition) is 3. The minimum absolute atomic E-state index is 0.0682. The van der Waals surface area contributed by atoms with Crippen molar-refractivity contribution in [2.24, 2.45) is 0 Å². The minimum Gasteiger partial charge on any atom is -0.383 e. The number of aldehydes is 1. The van der Waals surface area contributed by atoms with Crippen LogP contribution in [-0.2, 0) is 18.8 Å². The number of nitrogens with two attached hydrogens (primary N) is 1. The van der Waals surface area contributed by atoms with Gasteiger partial charge in [-0.05, 0) is 24.4 Å². The minimum atomic E-state index is -3.77. The van der Waals surface area contributed by atoms with E-state index in [1.54, 1.807) is 19.1 Å². The number of anilines is 1. The first kappa shape index (κ1) is 23.2. The zero-order valence-electron chi connectivity index (χ0n) is 17.7. The fraction of sp³-hybridized carbons (Fsp3) is 0.286. The molecule has 1 fully saturated rings. The first-order valence-electron chi connectivity index (χ1n) is 10.2. The van der Waals surface area contributed by atoms with E-state index in [1.165, 1.54) is 16.8 Å². The quantitative estimate of drug-likeness (QED) is 0.309. The molecule has 1 aliphatic heterocycles. The molecule has 1 saturated heterocycles. The molecule has 0 aliphatic carbocycles. The predicted octanol–water partition coefficient (Wildman–Crippen LogP) is 1.79. The summed E-state index contributed by atoms with van der Waals surface area (Å²) in [5.74, 6) is 0.492. The lowest BCUT2D eigenvalue weighted by atomic mass is 10.1. The first-order valence-corrected chi connectivity index (χ1v) is 11.7. The number of nitrogens with zero attached hydrogens (tertiary/aromatic N) is 2. The van der Waals surface area contributed by atoms with Crippen LogP contribution >= 0.6 is 8.09 Å². The Hall–Kier alpha value is -2.92. The van der Waals surface area contributed by atoms with Crippen molar-refractivity contribution in [3.63, 3.8) is 0 Å². The van der Waals surface area contributed by atoms with Gasteiger partial charge in [-0.3, -0.25) is 9.09 Å². The van der Waals surface area contributed by atoms with Crippen LogP contribution < -0.4 is 21.0 Å². The van der Waals surface area contributed by atoms with Crippen molar-refractivity contribution < 1.29 is 28.2 Å². The fourth-order valence-electron chi connectivity index (χ4n) is 3.27. The van der Waals surface area contributed by atoms with E-state index in [0.717, 1.165) is 10.8 Å². The number of nitrogen functional groups attached to an aromatic ring is 1. The summed E-state index contributed by atoms with van der Waals surface area (Å²) in [6.45, 7) is 1.41. The topological polar surface area (TPSA) is 147 Å². The lowest BCUT2D eigenvalue weighted by Gasteiger charge is -2.21. The molecule has 3 unspecified atom stereocenters. The van der Waals surface area contributed by atoms with Gasteiger partial charge in [0.05, 0.1) is 6.61 Å². The Kier molecular flexibility index (Phi) is 6.99. The Labute approximate surface area is 189 Å². The normalized spacial score (nSPS) is 20.9. The molecule has 12 heteroatoms. The smallest absolute Gasteiger partial charge is 0.383 e. The molecule has 4 rings (SSSR count). The number of carbonyl (C=O) groups is 1. The summed E-state index contributed by atoms with van der Waals surface area (Å²) in [5, 5.41) is 4.39. The molecule has 0 saturated carbocycles. The Morgan fingerprint density at radius 1 is 1.33 bits per heavy atom. The van der Waals surface area contributed by atoms with E-state index in [4.69, 9.17) is 24.3 Å². The standard InChI is InChI=1S/C21H23N4O7P/c1-14(11-26)24-33(28,32-17-8-4-6-15-5-2-3-7-16(15)17)30-13-20-29-12-19(31-20)25-10-9-18(22)23-21(25)27/h2-11,14,19-20,24,28H,12-13H2,1H3,(H-,22,23,27)/p+1/t14-,19?,20?,33?/m0/s1. The third kappa shape index (κ3) is 5.53. The van der Waals surface area contributed by atoms with Gasteiger partial charge in [0.25, 0.3) is 0 Å². The molecule has 0 bridgehead atoms. The van der Waals surface area contributed by atoms with Crippen molar-refractivity contribution in [3.05, 3.63) is 65.2 Å². The van der Waals surface area contributed by atoms with Gasteiger partial charge in [-0.15, -0.1) is 0 Å². The third-order valence-corrected chi connectivity index (χ3v) is 6.50. The second-order valence-electron chi connectivity index (χ2n) is 7.33. The van der Waals surface area contributed by atoms with Gasteiger partial charge in [0.1, 0.15) is 18.1 Å². The van der Waals surface area contributed by atoms with Crippen molar-refractivity contribution >= 4 is 31.0 Å². The zero-order valence-corrected chi connectivity index (χ0v) is 18.6. The van der Waals surface area contributed by atoms with Crippen molar-refractivity contribution in [1.29, 1.82) is 0 Å². The molecule has 4 atom stereocenters. The summed E-state index contributed by atoms with van der Waals surface area (Å²) in [6.07, 6.45) is 0.462. The molecule has 1 aliphatic rings. The van der Waals surface area contributed by atoms with Gasteiger partial charge < -0.3 is 20.0 Å². The van der Waals surface area contributed by atoms with Crippen LogP contribution in [0.5, 0.6) is 5.75 Å². The van der Waals surface area contributed by atoms with Crippen molar-refractivity contribution in [1.82, 2.24) is 14.6 Å². The fourth-order valence-corrected chi connectivity index (χ4v) is 4.78. The van der Waals surface area contributed by atoms with Crippen LogP contribution in [0.2, 0.25) is 0 Å². The Bertz CT molecular complexity index is 1190. The second kappa shape index (κ2) is 9.92. The Balaban J connectivity index is 1.47. The average Bonchev–Trinajstić information content (AvgIpc) is 3.27. The van der Waals surface area contributed by atoms with Gasteiger partial charge in [-0.1, -0.05) is 41.5 Å². The van der Waals surface area contributed by atoms with Crippen LogP contribution in [0.4, 0.5) is 5.82 Å². The zero-order chi connectivity index (χ0) is 23.4. The van der Waals surface area contributed by atoms with E-state index in [1.807, 2.05) is 30.3 Å². The number of benzene rings is 2. The molecular weight excluding hydrogens is 451 g/mol. The van der Waals surface area contributed by atoms with E-state index < -0.39 is 32.3 Å². The predicted molar refractivity (Wildman–Crippen MR) is 121 cm³/mol. The van der Waals surface area contributed by atoms with E-state index in [0.29, 0.717) is 12.0 Å². The molecule has 11 nitrogen and oxygen atoms in total. The number of nitrogens with one attached hydrogen (secondary N) is 1. The number of ether oxygens (including phenoxy) is 2. The van der Waals surface area contributed by atoms with Gasteiger partial charge in [-0.2, -0.15) is 14.4 Å². The first-order chi connectivity index (χ1) is 15.9. The summed E-state index contributed by atoms with van der Waals surface area (Å²) in [5.41, 5.74) is 4.94. The van der Waals surface area contributed by atoms with E-state index in [-0.39, 0.29) is 19.0 Å². The van der Waals surface area contributed by atoms with Crippen LogP contribution in [0.1, 0.15) is 13.2 Å².